The Morgan fingerprint density at radius 1 is 1.50 bits per heavy atom. The molecular formula is C12H22N2O2. The SMILES string of the molecule is C=CCNC(=O)CCN(C(C)=O)C(C)CC. The lowest BCUT2D eigenvalue weighted by Crippen LogP contribution is -2.39. The van der Waals surface area contributed by atoms with E-state index < -0.39 is 0 Å². The maximum Gasteiger partial charge on any atom is 0.222 e. The van der Waals surface area contributed by atoms with Crippen LogP contribution >= 0.6 is 0 Å². The minimum atomic E-state index is -0.0468. The first-order chi connectivity index (χ1) is 7.52. The van der Waals surface area contributed by atoms with Crippen molar-refractivity contribution in [3.8, 4) is 0 Å². The van der Waals surface area contributed by atoms with E-state index in [1.54, 1.807) is 11.0 Å². The topological polar surface area (TPSA) is 49.4 Å². The molecule has 1 N–H and O–H groups in total. The highest BCUT2D eigenvalue weighted by atomic mass is 16.2. The third kappa shape index (κ3) is 5.53. The van der Waals surface area contributed by atoms with E-state index in [-0.39, 0.29) is 17.9 Å². The Bertz CT molecular complexity index is 251. The Labute approximate surface area is 97.7 Å². The van der Waals surface area contributed by atoms with E-state index in [1.165, 1.54) is 6.92 Å². The largest absolute Gasteiger partial charge is 0.353 e. The molecule has 0 saturated carbocycles. The highest BCUT2D eigenvalue weighted by molar-refractivity contribution is 5.78. The number of hydrogen-bond acceptors (Lipinski definition) is 2. The van der Waals surface area contributed by atoms with Crippen LogP contribution in [0.2, 0.25) is 0 Å². The van der Waals surface area contributed by atoms with Crippen molar-refractivity contribution in [2.45, 2.75) is 39.7 Å². The van der Waals surface area contributed by atoms with Crippen LogP contribution in [-0.2, 0) is 9.59 Å². The second kappa shape index (κ2) is 7.91. The van der Waals surface area contributed by atoms with Crippen LogP contribution in [0.4, 0.5) is 0 Å². The molecule has 0 aromatic rings. The van der Waals surface area contributed by atoms with Crippen molar-refractivity contribution in [2.75, 3.05) is 13.1 Å². The summed E-state index contributed by atoms with van der Waals surface area (Å²) >= 11 is 0. The predicted octanol–water partition coefficient (Wildman–Crippen LogP) is 1.33. The van der Waals surface area contributed by atoms with Gasteiger partial charge in [-0.3, -0.25) is 9.59 Å². The van der Waals surface area contributed by atoms with Gasteiger partial charge in [-0.05, 0) is 13.3 Å². The Morgan fingerprint density at radius 3 is 2.56 bits per heavy atom. The van der Waals surface area contributed by atoms with Gasteiger partial charge in [0.15, 0.2) is 0 Å². The zero-order valence-corrected chi connectivity index (χ0v) is 10.5. The number of hydrogen-bond donors (Lipinski definition) is 1. The predicted molar refractivity (Wildman–Crippen MR) is 65.0 cm³/mol. The van der Waals surface area contributed by atoms with Crippen molar-refractivity contribution >= 4 is 11.8 Å². The van der Waals surface area contributed by atoms with Gasteiger partial charge in [0, 0.05) is 32.5 Å². The average Bonchev–Trinajstić information content (AvgIpc) is 2.25. The molecule has 1 unspecified atom stereocenters. The summed E-state index contributed by atoms with van der Waals surface area (Å²) in [5.41, 5.74) is 0. The van der Waals surface area contributed by atoms with Crippen molar-refractivity contribution in [3.63, 3.8) is 0 Å². The van der Waals surface area contributed by atoms with E-state index in [0.29, 0.717) is 19.5 Å². The van der Waals surface area contributed by atoms with Crippen molar-refractivity contribution in [3.05, 3.63) is 12.7 Å². The minimum Gasteiger partial charge on any atom is -0.353 e. The fraction of sp³-hybridized carbons (Fsp3) is 0.667. The molecule has 0 spiro atoms. The Balaban J connectivity index is 4.06. The molecule has 0 aliphatic carbocycles. The van der Waals surface area contributed by atoms with Gasteiger partial charge in [-0.25, -0.2) is 0 Å². The molecule has 0 aromatic heterocycles. The van der Waals surface area contributed by atoms with Gasteiger partial charge in [-0.15, -0.1) is 6.58 Å². The van der Waals surface area contributed by atoms with Gasteiger partial charge in [0.2, 0.25) is 11.8 Å². The lowest BCUT2D eigenvalue weighted by molar-refractivity contribution is -0.131. The van der Waals surface area contributed by atoms with Crippen molar-refractivity contribution in [2.24, 2.45) is 0 Å². The van der Waals surface area contributed by atoms with Gasteiger partial charge in [-0.1, -0.05) is 13.0 Å². The van der Waals surface area contributed by atoms with E-state index in [9.17, 15) is 9.59 Å². The van der Waals surface area contributed by atoms with E-state index in [0.717, 1.165) is 6.42 Å². The van der Waals surface area contributed by atoms with Gasteiger partial charge in [0.1, 0.15) is 0 Å². The zero-order valence-electron chi connectivity index (χ0n) is 10.5. The van der Waals surface area contributed by atoms with E-state index in [1.807, 2.05) is 13.8 Å². The molecule has 4 heteroatoms. The third-order valence-electron chi connectivity index (χ3n) is 2.55. The van der Waals surface area contributed by atoms with Crippen molar-refractivity contribution in [1.82, 2.24) is 10.2 Å². The highest BCUT2D eigenvalue weighted by Crippen LogP contribution is 2.04. The van der Waals surface area contributed by atoms with E-state index >= 15 is 0 Å². The number of nitrogens with one attached hydrogen (secondary N) is 1. The summed E-state index contributed by atoms with van der Waals surface area (Å²) < 4.78 is 0. The monoisotopic (exact) mass is 226 g/mol. The summed E-state index contributed by atoms with van der Waals surface area (Å²) in [6.45, 7) is 10.0. The molecular weight excluding hydrogens is 204 g/mol. The fourth-order valence-electron chi connectivity index (χ4n) is 1.40. The lowest BCUT2D eigenvalue weighted by Gasteiger charge is -2.27. The summed E-state index contributed by atoms with van der Waals surface area (Å²) in [6.07, 6.45) is 2.88. The number of nitrogens with zero attached hydrogens (tertiary/aromatic N) is 1. The summed E-state index contributed by atoms with van der Waals surface area (Å²) in [5.74, 6) is -0.0275. The number of amides is 2. The molecule has 0 saturated heterocycles. The Kier molecular flexibility index (Phi) is 7.25. The second-order valence-electron chi connectivity index (χ2n) is 3.81. The summed E-state index contributed by atoms with van der Waals surface area (Å²) in [4.78, 5) is 24.4. The van der Waals surface area contributed by atoms with Crippen LogP contribution in [0.3, 0.4) is 0 Å². The molecule has 0 aliphatic rings. The number of carbonyl (C=O) groups is 2. The molecule has 2 amide bonds. The van der Waals surface area contributed by atoms with Crippen LogP contribution in [0.5, 0.6) is 0 Å². The van der Waals surface area contributed by atoms with Gasteiger partial charge in [0.05, 0.1) is 0 Å². The summed E-state index contributed by atoms with van der Waals surface area (Å²) in [6, 6.07) is 0.185. The second-order valence-corrected chi connectivity index (χ2v) is 3.81. The van der Waals surface area contributed by atoms with Gasteiger partial charge >= 0.3 is 0 Å². The molecule has 0 aliphatic heterocycles. The number of rotatable bonds is 7. The van der Waals surface area contributed by atoms with Crippen LogP contribution in [-0.4, -0.2) is 35.8 Å². The quantitative estimate of drug-likeness (QED) is 0.666. The third-order valence-corrected chi connectivity index (χ3v) is 2.55. The van der Waals surface area contributed by atoms with Crippen LogP contribution < -0.4 is 5.32 Å². The van der Waals surface area contributed by atoms with Crippen LogP contribution in [0.25, 0.3) is 0 Å². The fourth-order valence-corrected chi connectivity index (χ4v) is 1.40. The maximum absolute atomic E-state index is 11.3. The van der Waals surface area contributed by atoms with Gasteiger partial charge < -0.3 is 10.2 Å². The summed E-state index contributed by atoms with van der Waals surface area (Å²) in [7, 11) is 0. The molecule has 0 radical (unpaired) electrons. The molecule has 16 heavy (non-hydrogen) atoms. The molecule has 0 aromatic carbocycles. The van der Waals surface area contributed by atoms with Crippen LogP contribution in [0.15, 0.2) is 12.7 Å². The van der Waals surface area contributed by atoms with Crippen LogP contribution in [0.1, 0.15) is 33.6 Å². The molecule has 92 valence electrons. The van der Waals surface area contributed by atoms with Gasteiger partial charge in [0.25, 0.3) is 0 Å². The van der Waals surface area contributed by atoms with E-state index in [2.05, 4.69) is 11.9 Å². The van der Waals surface area contributed by atoms with Crippen LogP contribution in [0, 0.1) is 0 Å². The molecule has 0 bridgehead atoms. The standard InChI is InChI=1S/C12H22N2O2/c1-5-8-13-12(16)7-9-14(11(4)15)10(3)6-2/h5,10H,1,6-9H2,2-4H3,(H,13,16). The molecule has 0 heterocycles. The normalized spacial score (nSPS) is 11.7. The Hall–Kier alpha value is -1.32. The van der Waals surface area contributed by atoms with Gasteiger partial charge in [-0.2, -0.15) is 0 Å². The highest BCUT2D eigenvalue weighted by Gasteiger charge is 2.15. The first kappa shape index (κ1) is 14.7. The first-order valence-electron chi connectivity index (χ1n) is 5.67. The summed E-state index contributed by atoms with van der Waals surface area (Å²) in [5, 5.41) is 2.69. The van der Waals surface area contributed by atoms with E-state index in [4.69, 9.17) is 0 Å². The Morgan fingerprint density at radius 2 is 2.12 bits per heavy atom. The van der Waals surface area contributed by atoms with Crippen molar-refractivity contribution < 1.29 is 9.59 Å². The zero-order chi connectivity index (χ0) is 12.6. The first-order valence-corrected chi connectivity index (χ1v) is 5.67. The average molecular weight is 226 g/mol. The molecule has 0 fully saturated rings. The molecule has 4 nitrogen and oxygen atoms in total. The maximum atomic E-state index is 11.3. The molecule has 1 atom stereocenters. The lowest BCUT2D eigenvalue weighted by atomic mass is 10.2. The number of carbonyl (C=O) groups excluding carboxylic acids is 2. The minimum absolute atomic E-state index is 0.0193. The smallest absolute Gasteiger partial charge is 0.222 e. The molecule has 0 rings (SSSR count). The van der Waals surface area contributed by atoms with Crippen molar-refractivity contribution in [1.29, 1.82) is 0 Å².